The second-order valence-electron chi connectivity index (χ2n) is 8.21. The summed E-state index contributed by atoms with van der Waals surface area (Å²) in [7, 11) is 3.16. The standard InChI is InChI=1S/C25H27N5O5/c1-33-17-9-8-15(10-18(17)34-2)29-23-20-16(14-6-4-3-5-7-14)12-30(24(20)28-13-27-23)25-22(32)21(31)19(11-26)35-25/h3-10,12-13,19,21-22,25,31-32H,11,26H2,1-2H3,(H,27,28,29)/t19-,21-,22-,25-/m1/s1. The van der Waals surface area contributed by atoms with E-state index >= 15 is 0 Å². The van der Waals surface area contributed by atoms with Crippen LogP contribution in [0.5, 0.6) is 11.5 Å². The highest BCUT2D eigenvalue weighted by atomic mass is 16.6. The lowest BCUT2D eigenvalue weighted by atomic mass is 10.1. The summed E-state index contributed by atoms with van der Waals surface area (Å²) in [4.78, 5) is 9.02. The van der Waals surface area contributed by atoms with Crippen LogP contribution in [0, 0.1) is 0 Å². The van der Waals surface area contributed by atoms with Crippen LogP contribution in [0.15, 0.2) is 61.1 Å². The summed E-state index contributed by atoms with van der Waals surface area (Å²) in [5.74, 6) is 1.75. The lowest BCUT2D eigenvalue weighted by Crippen LogP contribution is -2.35. The molecule has 10 nitrogen and oxygen atoms in total. The Morgan fingerprint density at radius 1 is 1.03 bits per heavy atom. The SMILES string of the molecule is COc1ccc(Nc2ncnc3c2c(-c2ccccc2)cn3[C@@H]2O[C@H](CN)[C@@H](O)[C@H]2O)cc1OC. The Kier molecular flexibility index (Phi) is 6.27. The smallest absolute Gasteiger partial charge is 0.164 e. The van der Waals surface area contributed by atoms with Crippen LogP contribution < -0.4 is 20.5 Å². The molecule has 3 heterocycles. The maximum Gasteiger partial charge on any atom is 0.164 e. The first-order chi connectivity index (χ1) is 17.0. The van der Waals surface area contributed by atoms with Crippen molar-refractivity contribution < 1.29 is 24.4 Å². The minimum Gasteiger partial charge on any atom is -0.493 e. The molecule has 182 valence electrons. The van der Waals surface area contributed by atoms with E-state index in [1.807, 2.05) is 48.7 Å². The molecule has 10 heteroatoms. The highest BCUT2D eigenvalue weighted by Gasteiger charge is 2.43. The fraction of sp³-hybridized carbons (Fsp3) is 0.280. The summed E-state index contributed by atoms with van der Waals surface area (Å²) in [6.45, 7) is 0.0839. The third-order valence-electron chi connectivity index (χ3n) is 6.18. The van der Waals surface area contributed by atoms with Crippen LogP contribution in [-0.4, -0.2) is 63.8 Å². The summed E-state index contributed by atoms with van der Waals surface area (Å²) < 4.78 is 18.4. The second-order valence-corrected chi connectivity index (χ2v) is 8.21. The second kappa shape index (κ2) is 9.51. The van der Waals surface area contributed by atoms with Crippen LogP contribution in [0.25, 0.3) is 22.2 Å². The number of fused-ring (bicyclic) bond motifs is 1. The van der Waals surface area contributed by atoms with Crippen molar-refractivity contribution in [2.24, 2.45) is 5.73 Å². The molecule has 2 aromatic carbocycles. The predicted molar refractivity (Wildman–Crippen MR) is 131 cm³/mol. The minimum absolute atomic E-state index is 0.0839. The molecule has 4 atom stereocenters. The molecule has 4 aromatic rings. The number of anilines is 2. The summed E-state index contributed by atoms with van der Waals surface area (Å²) in [5.41, 5.74) is 8.78. The molecule has 0 bridgehead atoms. The zero-order valence-electron chi connectivity index (χ0n) is 19.3. The van der Waals surface area contributed by atoms with Gasteiger partial charge in [-0.05, 0) is 17.7 Å². The van der Waals surface area contributed by atoms with E-state index in [0.717, 1.165) is 22.2 Å². The third-order valence-corrected chi connectivity index (χ3v) is 6.18. The molecule has 1 aliphatic heterocycles. The summed E-state index contributed by atoms with van der Waals surface area (Å²) in [6.07, 6.45) is -0.516. The minimum atomic E-state index is -1.17. The van der Waals surface area contributed by atoms with Gasteiger partial charge in [0, 0.05) is 30.1 Å². The number of benzene rings is 2. The molecule has 0 unspecified atom stereocenters. The number of nitrogens with zero attached hydrogens (tertiary/aromatic N) is 3. The number of hydrogen-bond donors (Lipinski definition) is 4. The molecule has 35 heavy (non-hydrogen) atoms. The highest BCUT2D eigenvalue weighted by molar-refractivity contribution is 6.02. The summed E-state index contributed by atoms with van der Waals surface area (Å²) in [6, 6.07) is 15.3. The fourth-order valence-electron chi connectivity index (χ4n) is 4.41. The maximum absolute atomic E-state index is 10.7. The molecule has 0 radical (unpaired) electrons. The predicted octanol–water partition coefficient (Wildman–Crippen LogP) is 2.44. The van der Waals surface area contributed by atoms with Crippen LogP contribution >= 0.6 is 0 Å². The number of rotatable bonds is 7. The Labute approximate surface area is 201 Å². The van der Waals surface area contributed by atoms with E-state index in [4.69, 9.17) is 19.9 Å². The monoisotopic (exact) mass is 477 g/mol. The molecular weight excluding hydrogens is 450 g/mol. The van der Waals surface area contributed by atoms with Crippen LogP contribution in [-0.2, 0) is 4.74 Å². The van der Waals surface area contributed by atoms with E-state index < -0.39 is 24.5 Å². The van der Waals surface area contributed by atoms with E-state index in [1.165, 1.54) is 6.33 Å². The number of aliphatic hydroxyl groups is 2. The molecule has 5 rings (SSSR count). The number of ether oxygens (including phenoxy) is 3. The van der Waals surface area contributed by atoms with E-state index in [1.54, 1.807) is 24.9 Å². The Balaban J connectivity index is 1.65. The average molecular weight is 478 g/mol. The summed E-state index contributed by atoms with van der Waals surface area (Å²) in [5, 5.41) is 25.2. The zero-order chi connectivity index (χ0) is 24.5. The van der Waals surface area contributed by atoms with Gasteiger partial charge in [-0.2, -0.15) is 0 Å². The highest BCUT2D eigenvalue weighted by Crippen LogP contribution is 2.40. The third kappa shape index (κ3) is 4.06. The van der Waals surface area contributed by atoms with Gasteiger partial charge in [0.1, 0.15) is 36.1 Å². The molecular formula is C25H27N5O5. The van der Waals surface area contributed by atoms with Gasteiger partial charge in [-0.15, -0.1) is 0 Å². The largest absolute Gasteiger partial charge is 0.493 e. The first-order valence-electron chi connectivity index (χ1n) is 11.2. The molecule has 0 saturated carbocycles. The van der Waals surface area contributed by atoms with Gasteiger partial charge >= 0.3 is 0 Å². The first-order valence-corrected chi connectivity index (χ1v) is 11.2. The topological polar surface area (TPSA) is 137 Å². The van der Waals surface area contributed by atoms with Crippen molar-refractivity contribution >= 4 is 22.5 Å². The Morgan fingerprint density at radius 3 is 2.49 bits per heavy atom. The lowest BCUT2D eigenvalue weighted by Gasteiger charge is -2.17. The fourth-order valence-corrected chi connectivity index (χ4v) is 4.41. The number of hydrogen-bond acceptors (Lipinski definition) is 9. The van der Waals surface area contributed by atoms with Crippen LogP contribution in [0.3, 0.4) is 0 Å². The van der Waals surface area contributed by atoms with E-state index in [9.17, 15) is 10.2 Å². The van der Waals surface area contributed by atoms with Crippen molar-refractivity contribution in [1.29, 1.82) is 0 Å². The molecule has 0 amide bonds. The number of nitrogens with one attached hydrogen (secondary N) is 1. The molecule has 2 aromatic heterocycles. The number of methoxy groups -OCH3 is 2. The molecule has 0 aliphatic carbocycles. The van der Waals surface area contributed by atoms with Gasteiger partial charge in [0.25, 0.3) is 0 Å². The molecule has 1 aliphatic rings. The van der Waals surface area contributed by atoms with Crippen molar-refractivity contribution in [3.05, 3.63) is 61.1 Å². The van der Waals surface area contributed by atoms with Crippen LogP contribution in [0.1, 0.15) is 6.23 Å². The van der Waals surface area contributed by atoms with Crippen LogP contribution in [0.4, 0.5) is 11.5 Å². The Morgan fingerprint density at radius 2 is 1.80 bits per heavy atom. The number of aliphatic hydroxyl groups excluding tert-OH is 2. The van der Waals surface area contributed by atoms with E-state index in [-0.39, 0.29) is 6.54 Å². The van der Waals surface area contributed by atoms with Crippen LogP contribution in [0.2, 0.25) is 0 Å². The van der Waals surface area contributed by atoms with Crippen molar-refractivity contribution in [2.75, 3.05) is 26.1 Å². The number of aromatic nitrogens is 3. The molecule has 1 saturated heterocycles. The van der Waals surface area contributed by atoms with Gasteiger partial charge in [-0.25, -0.2) is 9.97 Å². The van der Waals surface area contributed by atoms with Crippen molar-refractivity contribution in [1.82, 2.24) is 14.5 Å². The normalized spacial score (nSPS) is 21.9. The molecule has 0 spiro atoms. The lowest BCUT2D eigenvalue weighted by molar-refractivity contribution is -0.0318. The molecule has 5 N–H and O–H groups in total. The van der Waals surface area contributed by atoms with Gasteiger partial charge in [-0.3, -0.25) is 0 Å². The quantitative estimate of drug-likeness (QED) is 0.316. The Hall–Kier alpha value is -3.70. The maximum atomic E-state index is 10.7. The van der Waals surface area contributed by atoms with Gasteiger partial charge in [-0.1, -0.05) is 30.3 Å². The van der Waals surface area contributed by atoms with E-state index in [2.05, 4.69) is 15.3 Å². The van der Waals surface area contributed by atoms with Gasteiger partial charge in [0.15, 0.2) is 17.7 Å². The molecule has 1 fully saturated rings. The van der Waals surface area contributed by atoms with E-state index in [0.29, 0.717) is 23.0 Å². The van der Waals surface area contributed by atoms with Gasteiger partial charge in [0.05, 0.1) is 19.6 Å². The van der Waals surface area contributed by atoms with Gasteiger partial charge < -0.3 is 40.0 Å². The van der Waals surface area contributed by atoms with Gasteiger partial charge in [0.2, 0.25) is 0 Å². The van der Waals surface area contributed by atoms with Crippen molar-refractivity contribution in [3.8, 4) is 22.6 Å². The van der Waals surface area contributed by atoms with Crippen molar-refractivity contribution in [3.63, 3.8) is 0 Å². The average Bonchev–Trinajstić information content (AvgIpc) is 3.42. The Bertz CT molecular complexity index is 1330. The number of nitrogens with two attached hydrogens (primary N) is 1. The first kappa shape index (κ1) is 23.1. The zero-order valence-corrected chi connectivity index (χ0v) is 19.3. The van der Waals surface area contributed by atoms with Crippen molar-refractivity contribution in [2.45, 2.75) is 24.5 Å². The summed E-state index contributed by atoms with van der Waals surface area (Å²) >= 11 is 0.